The maximum Gasteiger partial charge on any atom is 0.143 e. The number of ether oxygens (including phenoxy) is 2. The monoisotopic (exact) mass is 354 g/mol. The van der Waals surface area contributed by atoms with Crippen LogP contribution in [-0.2, 0) is 13.1 Å². The van der Waals surface area contributed by atoms with Crippen LogP contribution in [0.5, 0.6) is 11.5 Å². The van der Waals surface area contributed by atoms with Crippen molar-refractivity contribution in [1.82, 2.24) is 9.88 Å². The first-order chi connectivity index (χ1) is 12.4. The van der Waals surface area contributed by atoms with Gasteiger partial charge in [-0.25, -0.2) is 0 Å². The van der Waals surface area contributed by atoms with Crippen molar-refractivity contribution in [2.24, 2.45) is 5.41 Å². The van der Waals surface area contributed by atoms with Gasteiger partial charge in [0.1, 0.15) is 17.1 Å². The minimum absolute atomic E-state index is 0.0113. The lowest BCUT2D eigenvalue weighted by Crippen LogP contribution is -2.54. The molecule has 4 heteroatoms. The second-order valence-electron chi connectivity index (χ2n) is 8.14. The van der Waals surface area contributed by atoms with Crippen molar-refractivity contribution in [2.45, 2.75) is 52.8 Å². The molecule has 1 atom stereocenters. The first-order valence-corrected chi connectivity index (χ1v) is 9.35. The first-order valence-electron chi connectivity index (χ1n) is 9.35. The van der Waals surface area contributed by atoms with Crippen LogP contribution >= 0.6 is 0 Å². The van der Waals surface area contributed by atoms with Crippen LogP contribution in [0.25, 0.3) is 0 Å². The molecule has 0 N–H and O–H groups in total. The van der Waals surface area contributed by atoms with Crippen LogP contribution in [0.1, 0.15) is 45.4 Å². The molecular weight excluding hydrogens is 324 g/mol. The fourth-order valence-electron chi connectivity index (χ4n) is 3.71. The minimum atomic E-state index is -0.256. The normalized spacial score (nSPS) is 20.8. The summed E-state index contributed by atoms with van der Waals surface area (Å²) in [5, 5.41) is 0. The van der Waals surface area contributed by atoms with Gasteiger partial charge in [0.2, 0.25) is 0 Å². The van der Waals surface area contributed by atoms with Crippen molar-refractivity contribution in [3.8, 4) is 11.5 Å². The number of hydrogen-bond donors (Lipinski definition) is 0. The molecule has 0 spiro atoms. The topological polar surface area (TPSA) is 34.6 Å². The number of pyridine rings is 1. The van der Waals surface area contributed by atoms with E-state index in [4.69, 9.17) is 9.47 Å². The molecule has 1 aromatic heterocycles. The summed E-state index contributed by atoms with van der Waals surface area (Å²) in [7, 11) is 1.70. The van der Waals surface area contributed by atoms with E-state index in [-0.39, 0.29) is 11.0 Å². The van der Waals surface area contributed by atoms with Gasteiger partial charge in [-0.2, -0.15) is 0 Å². The molecule has 2 aromatic rings. The lowest BCUT2D eigenvalue weighted by molar-refractivity contribution is -0.0561. The van der Waals surface area contributed by atoms with Gasteiger partial charge in [-0.05, 0) is 36.2 Å². The Bertz CT molecular complexity index is 737. The molecule has 0 amide bonds. The van der Waals surface area contributed by atoms with Gasteiger partial charge in [0.25, 0.3) is 0 Å². The van der Waals surface area contributed by atoms with Gasteiger partial charge in [-0.3, -0.25) is 9.88 Å². The third kappa shape index (κ3) is 3.70. The Kier molecular flexibility index (Phi) is 5.24. The van der Waals surface area contributed by atoms with Gasteiger partial charge in [0.05, 0.1) is 12.8 Å². The fraction of sp³-hybridized carbons (Fsp3) is 0.500. The van der Waals surface area contributed by atoms with Crippen LogP contribution < -0.4 is 9.47 Å². The summed E-state index contributed by atoms with van der Waals surface area (Å²) in [6.45, 7) is 11.5. The molecule has 0 fully saturated rings. The van der Waals surface area contributed by atoms with Crippen LogP contribution in [-0.4, -0.2) is 29.1 Å². The Hall–Kier alpha value is -2.07. The number of nitrogens with zero attached hydrogens (tertiary/aromatic N) is 2. The number of hydrogen-bond acceptors (Lipinski definition) is 4. The lowest BCUT2D eigenvalue weighted by atomic mass is 9.74. The number of fused-ring (bicyclic) bond motifs is 1. The predicted molar refractivity (Wildman–Crippen MR) is 104 cm³/mol. The number of benzene rings is 1. The van der Waals surface area contributed by atoms with E-state index in [1.54, 1.807) is 7.11 Å². The molecule has 0 radical (unpaired) electrons. The molecule has 1 aliphatic heterocycles. The molecule has 1 aromatic carbocycles. The molecule has 2 heterocycles. The minimum Gasteiger partial charge on any atom is -0.497 e. The second-order valence-corrected chi connectivity index (χ2v) is 8.14. The molecule has 0 saturated carbocycles. The van der Waals surface area contributed by atoms with E-state index in [0.717, 1.165) is 43.2 Å². The molecule has 1 aliphatic rings. The van der Waals surface area contributed by atoms with Crippen molar-refractivity contribution in [2.75, 3.05) is 13.7 Å². The number of rotatable bonds is 4. The van der Waals surface area contributed by atoms with Crippen LogP contribution in [0, 0.1) is 5.41 Å². The summed E-state index contributed by atoms with van der Waals surface area (Å²) in [4.78, 5) is 7.05. The highest BCUT2D eigenvalue weighted by Gasteiger charge is 2.46. The van der Waals surface area contributed by atoms with Crippen molar-refractivity contribution < 1.29 is 9.47 Å². The summed E-state index contributed by atoms with van der Waals surface area (Å²) in [6, 6.07) is 12.3. The van der Waals surface area contributed by atoms with Gasteiger partial charge in [0, 0.05) is 31.2 Å². The third-order valence-corrected chi connectivity index (χ3v) is 5.51. The molecule has 4 nitrogen and oxygen atoms in total. The Balaban J connectivity index is 1.93. The zero-order valence-electron chi connectivity index (χ0n) is 16.6. The van der Waals surface area contributed by atoms with Crippen molar-refractivity contribution in [1.29, 1.82) is 0 Å². The highest BCUT2D eigenvalue weighted by Crippen LogP contribution is 2.41. The van der Waals surface area contributed by atoms with Crippen LogP contribution in [0.2, 0.25) is 0 Å². The number of aromatic nitrogens is 1. The van der Waals surface area contributed by atoms with E-state index < -0.39 is 0 Å². The Morgan fingerprint density at radius 1 is 1.19 bits per heavy atom. The largest absolute Gasteiger partial charge is 0.497 e. The predicted octanol–water partition coefficient (Wildman–Crippen LogP) is 4.68. The van der Waals surface area contributed by atoms with E-state index >= 15 is 0 Å². The molecule has 3 rings (SSSR count). The summed E-state index contributed by atoms with van der Waals surface area (Å²) < 4.78 is 11.9. The van der Waals surface area contributed by atoms with Crippen molar-refractivity contribution in [3.05, 3.63) is 53.9 Å². The Morgan fingerprint density at radius 3 is 2.54 bits per heavy atom. The van der Waals surface area contributed by atoms with E-state index in [9.17, 15) is 0 Å². The molecule has 0 unspecified atom stereocenters. The van der Waals surface area contributed by atoms with Gasteiger partial charge >= 0.3 is 0 Å². The SMILES string of the molecule is CC[C@@]1(C(C)(C)C)CN(Cc2ccc(OC)cc2)Cc2ncccc2O1. The van der Waals surface area contributed by atoms with Crippen LogP contribution in [0.4, 0.5) is 0 Å². The lowest BCUT2D eigenvalue weighted by Gasteiger charge is -2.45. The average molecular weight is 354 g/mol. The Labute approximate surface area is 157 Å². The van der Waals surface area contributed by atoms with E-state index in [1.807, 2.05) is 24.4 Å². The Morgan fingerprint density at radius 2 is 1.92 bits per heavy atom. The fourth-order valence-corrected chi connectivity index (χ4v) is 3.71. The van der Waals surface area contributed by atoms with E-state index in [0.29, 0.717) is 0 Å². The zero-order valence-corrected chi connectivity index (χ0v) is 16.6. The third-order valence-electron chi connectivity index (χ3n) is 5.51. The molecular formula is C22H30N2O2. The highest BCUT2D eigenvalue weighted by molar-refractivity contribution is 5.31. The maximum atomic E-state index is 6.64. The molecule has 0 saturated heterocycles. The van der Waals surface area contributed by atoms with Gasteiger partial charge in [-0.1, -0.05) is 39.8 Å². The van der Waals surface area contributed by atoms with Gasteiger partial charge < -0.3 is 9.47 Å². The van der Waals surface area contributed by atoms with Crippen molar-refractivity contribution in [3.63, 3.8) is 0 Å². The average Bonchev–Trinajstić information content (AvgIpc) is 2.78. The first kappa shape index (κ1) is 18.7. The van der Waals surface area contributed by atoms with Gasteiger partial charge in [-0.15, -0.1) is 0 Å². The molecule has 0 bridgehead atoms. The molecule has 0 aliphatic carbocycles. The summed E-state index contributed by atoms with van der Waals surface area (Å²) in [5.74, 6) is 1.80. The van der Waals surface area contributed by atoms with E-state index in [1.165, 1.54) is 5.56 Å². The number of methoxy groups -OCH3 is 1. The summed E-state index contributed by atoms with van der Waals surface area (Å²) in [5.41, 5.74) is 2.04. The molecule has 26 heavy (non-hydrogen) atoms. The highest BCUT2D eigenvalue weighted by atomic mass is 16.5. The van der Waals surface area contributed by atoms with Crippen LogP contribution in [0.15, 0.2) is 42.6 Å². The summed E-state index contributed by atoms with van der Waals surface area (Å²) in [6.07, 6.45) is 2.80. The summed E-state index contributed by atoms with van der Waals surface area (Å²) >= 11 is 0. The maximum absolute atomic E-state index is 6.64. The second kappa shape index (κ2) is 7.28. The smallest absolute Gasteiger partial charge is 0.143 e. The molecule has 140 valence electrons. The van der Waals surface area contributed by atoms with E-state index in [2.05, 4.69) is 55.8 Å². The zero-order chi connectivity index (χ0) is 18.8. The van der Waals surface area contributed by atoms with Crippen molar-refractivity contribution >= 4 is 0 Å². The van der Waals surface area contributed by atoms with Gasteiger partial charge in [0.15, 0.2) is 0 Å². The quantitative estimate of drug-likeness (QED) is 0.798. The standard InChI is InChI=1S/C22H30N2O2/c1-6-22(21(2,3)4)16-24(14-17-9-11-18(25-5)12-10-17)15-19-20(26-22)8-7-13-23-19/h7-13H,6,14-16H2,1-5H3/t22-/m0/s1. The van der Waals surface area contributed by atoms with Crippen LogP contribution in [0.3, 0.4) is 0 Å².